The molecular formula is C7H8INO2S. The Balaban J connectivity index is 2.85. The number of carbonyl (C=O) groups is 1. The highest BCUT2D eigenvalue weighted by atomic mass is 127. The minimum Gasteiger partial charge on any atom is -0.476 e. The Morgan fingerprint density at radius 1 is 1.83 bits per heavy atom. The summed E-state index contributed by atoms with van der Waals surface area (Å²) in [6.07, 6.45) is 0. The second kappa shape index (κ2) is 4.76. The van der Waals surface area contributed by atoms with Crippen LogP contribution in [0, 0.1) is 0 Å². The summed E-state index contributed by atoms with van der Waals surface area (Å²) in [6, 6.07) is 0. The first-order valence-electron chi connectivity index (χ1n) is 3.33. The molecule has 5 heteroatoms. The van der Waals surface area contributed by atoms with Crippen molar-refractivity contribution in [2.45, 2.75) is 6.92 Å². The SMILES string of the molecule is CCSC1=CI=CN=C1C(=O)O. The topological polar surface area (TPSA) is 49.7 Å². The summed E-state index contributed by atoms with van der Waals surface area (Å²) in [4.78, 5) is 15.4. The van der Waals surface area contributed by atoms with Crippen molar-refractivity contribution in [2.24, 2.45) is 4.99 Å². The van der Waals surface area contributed by atoms with Crippen LogP contribution in [0.4, 0.5) is 0 Å². The summed E-state index contributed by atoms with van der Waals surface area (Å²) in [5.41, 5.74) is 0.202. The molecule has 0 aromatic rings. The standard InChI is InChI=1S/C7H8INO2S/c1-2-12-5-3-8-4-9-6(5)7(10)11/h3-4H,2H2,1H3,(H,10,11). The molecule has 66 valence electrons. The van der Waals surface area contributed by atoms with Crippen LogP contribution in [-0.2, 0) is 4.79 Å². The number of thioether (sulfide) groups is 1. The molecule has 0 amide bonds. The number of carboxylic acids is 1. The summed E-state index contributed by atoms with van der Waals surface area (Å²) < 4.78 is 3.73. The van der Waals surface area contributed by atoms with Gasteiger partial charge in [-0.1, -0.05) is 27.7 Å². The maximum atomic E-state index is 10.6. The van der Waals surface area contributed by atoms with E-state index in [2.05, 4.69) is 4.99 Å². The molecule has 1 heterocycles. The van der Waals surface area contributed by atoms with Gasteiger partial charge in [-0.3, -0.25) is 0 Å². The third kappa shape index (κ3) is 2.41. The van der Waals surface area contributed by atoms with Crippen molar-refractivity contribution in [3.05, 3.63) is 8.99 Å². The van der Waals surface area contributed by atoms with Crippen LogP contribution < -0.4 is 0 Å². The van der Waals surface area contributed by atoms with Gasteiger partial charge in [-0.25, -0.2) is 9.79 Å². The zero-order valence-electron chi connectivity index (χ0n) is 6.45. The lowest BCUT2D eigenvalue weighted by atomic mass is 10.4. The molecule has 12 heavy (non-hydrogen) atoms. The first-order valence-corrected chi connectivity index (χ1v) is 6.81. The Kier molecular flexibility index (Phi) is 3.93. The first-order chi connectivity index (χ1) is 5.75. The van der Waals surface area contributed by atoms with Gasteiger partial charge in [0.1, 0.15) is 0 Å². The molecular weight excluding hydrogens is 289 g/mol. The molecule has 3 nitrogen and oxygen atoms in total. The quantitative estimate of drug-likeness (QED) is 0.809. The fourth-order valence-corrected chi connectivity index (χ4v) is 3.45. The van der Waals surface area contributed by atoms with Gasteiger partial charge >= 0.3 is 5.97 Å². The van der Waals surface area contributed by atoms with Crippen LogP contribution in [0.2, 0.25) is 0 Å². The molecule has 0 bridgehead atoms. The van der Waals surface area contributed by atoms with E-state index < -0.39 is 5.97 Å². The van der Waals surface area contributed by atoms with E-state index in [4.69, 9.17) is 5.11 Å². The van der Waals surface area contributed by atoms with Gasteiger partial charge in [0.25, 0.3) is 0 Å². The molecule has 0 aromatic carbocycles. The highest BCUT2D eigenvalue weighted by Gasteiger charge is 2.15. The lowest BCUT2D eigenvalue weighted by molar-refractivity contribution is -0.129. The number of aliphatic imine (C=N–C) groups is 1. The van der Waals surface area contributed by atoms with Crippen molar-refractivity contribution in [1.29, 1.82) is 0 Å². The molecule has 1 rings (SSSR count). The number of hydrogen-bond acceptors (Lipinski definition) is 3. The highest BCUT2D eigenvalue weighted by Crippen LogP contribution is 2.23. The van der Waals surface area contributed by atoms with Crippen LogP contribution >= 0.6 is 32.5 Å². The molecule has 1 aliphatic rings. The van der Waals surface area contributed by atoms with E-state index in [1.54, 1.807) is 15.9 Å². The molecule has 0 saturated carbocycles. The van der Waals surface area contributed by atoms with Crippen molar-refractivity contribution in [1.82, 2.24) is 0 Å². The van der Waals surface area contributed by atoms with E-state index in [0.29, 0.717) is 0 Å². The van der Waals surface area contributed by atoms with Crippen LogP contribution in [-0.4, -0.2) is 26.7 Å². The highest BCUT2D eigenvalue weighted by molar-refractivity contribution is 14.2. The average Bonchev–Trinajstić information content (AvgIpc) is 2.05. The predicted octanol–water partition coefficient (Wildman–Crippen LogP) is 1.85. The molecule has 0 radical (unpaired) electrons. The van der Waals surface area contributed by atoms with Crippen molar-refractivity contribution in [3.8, 4) is 0 Å². The van der Waals surface area contributed by atoms with E-state index in [-0.39, 0.29) is 26.4 Å². The second-order valence-electron chi connectivity index (χ2n) is 1.91. The molecule has 0 aromatic heterocycles. The summed E-state index contributed by atoms with van der Waals surface area (Å²) >= 11 is 1.40. The van der Waals surface area contributed by atoms with Gasteiger partial charge in [0.15, 0.2) is 5.71 Å². The molecule has 0 saturated heterocycles. The van der Waals surface area contributed by atoms with Crippen molar-refractivity contribution in [2.75, 3.05) is 5.75 Å². The van der Waals surface area contributed by atoms with Gasteiger partial charge in [0, 0.05) is 4.91 Å². The van der Waals surface area contributed by atoms with E-state index >= 15 is 0 Å². The van der Waals surface area contributed by atoms with Crippen molar-refractivity contribution in [3.63, 3.8) is 0 Å². The minimum atomic E-state index is -0.929. The minimum absolute atomic E-state index is 0.149. The van der Waals surface area contributed by atoms with Gasteiger partial charge < -0.3 is 5.11 Å². The van der Waals surface area contributed by atoms with Crippen molar-refractivity contribution >= 4 is 48.3 Å². The molecule has 0 fully saturated rings. The molecule has 1 aliphatic heterocycles. The number of aliphatic carboxylic acids is 1. The number of nitrogens with zero attached hydrogens (tertiary/aromatic N) is 1. The van der Waals surface area contributed by atoms with Gasteiger partial charge in [-0.05, 0) is 9.84 Å². The van der Waals surface area contributed by atoms with Crippen LogP contribution in [0.25, 0.3) is 0 Å². The van der Waals surface area contributed by atoms with Gasteiger partial charge in [0.05, 0.1) is 4.14 Å². The molecule has 0 unspecified atom stereocenters. The fraction of sp³-hybridized carbons (Fsp3) is 0.286. The Morgan fingerprint density at radius 2 is 2.58 bits per heavy atom. The van der Waals surface area contributed by atoms with E-state index in [0.717, 1.165) is 10.7 Å². The van der Waals surface area contributed by atoms with Crippen LogP contribution in [0.3, 0.4) is 0 Å². The van der Waals surface area contributed by atoms with Gasteiger partial charge in [-0.15, -0.1) is 11.8 Å². The smallest absolute Gasteiger partial charge is 0.355 e. The Hall–Kier alpha value is -0.170. The molecule has 0 spiro atoms. The van der Waals surface area contributed by atoms with E-state index in [1.807, 2.05) is 11.0 Å². The van der Waals surface area contributed by atoms with Crippen molar-refractivity contribution < 1.29 is 9.90 Å². The number of halogens is 1. The monoisotopic (exact) mass is 297 g/mol. The Bertz CT molecular complexity index is 283. The number of rotatable bonds is 3. The average molecular weight is 297 g/mol. The first kappa shape index (κ1) is 9.91. The normalized spacial score (nSPS) is 16.1. The summed E-state index contributed by atoms with van der Waals surface area (Å²) in [7, 11) is 0. The van der Waals surface area contributed by atoms with Crippen LogP contribution in [0.5, 0.6) is 0 Å². The number of carboxylic acid groups (broad SMARTS) is 1. The predicted molar refractivity (Wildman–Crippen MR) is 61.4 cm³/mol. The number of hydrogen-bond donors (Lipinski definition) is 1. The zero-order valence-corrected chi connectivity index (χ0v) is 9.42. The third-order valence-electron chi connectivity index (χ3n) is 1.13. The summed E-state index contributed by atoms with van der Waals surface area (Å²) in [6.45, 7) is 2.00. The molecule has 0 atom stereocenters. The fourth-order valence-electron chi connectivity index (χ4n) is 0.694. The van der Waals surface area contributed by atoms with E-state index in [1.165, 1.54) is 0 Å². The second-order valence-corrected chi connectivity index (χ2v) is 5.12. The molecule has 1 N–H and O–H groups in total. The maximum Gasteiger partial charge on any atom is 0.355 e. The Morgan fingerprint density at radius 3 is 3.17 bits per heavy atom. The lowest BCUT2D eigenvalue weighted by Crippen LogP contribution is -2.15. The van der Waals surface area contributed by atoms with E-state index in [9.17, 15) is 4.79 Å². The summed E-state index contributed by atoms with van der Waals surface area (Å²) in [5.74, 6) is -0.0378. The maximum absolute atomic E-state index is 10.6. The lowest BCUT2D eigenvalue weighted by Gasteiger charge is -2.05. The van der Waals surface area contributed by atoms with Gasteiger partial charge in [-0.2, -0.15) is 0 Å². The largest absolute Gasteiger partial charge is 0.476 e. The summed E-state index contributed by atoms with van der Waals surface area (Å²) in [5, 5.41) is 8.74. The van der Waals surface area contributed by atoms with Crippen LogP contribution in [0.1, 0.15) is 6.92 Å². The van der Waals surface area contributed by atoms with Gasteiger partial charge in [0.2, 0.25) is 0 Å². The van der Waals surface area contributed by atoms with Crippen LogP contribution in [0.15, 0.2) is 14.0 Å². The third-order valence-corrected chi connectivity index (χ3v) is 4.05. The zero-order chi connectivity index (χ0) is 8.97. The Labute approximate surface area is 84.7 Å². The molecule has 0 aliphatic carbocycles.